The molecule has 134 valence electrons. The number of rotatable bonds is 5. The lowest BCUT2D eigenvalue weighted by molar-refractivity contribution is 0.0879. The Labute approximate surface area is 153 Å². The Morgan fingerprint density at radius 1 is 0.923 bits per heavy atom. The minimum atomic E-state index is -0.278. The maximum atomic E-state index is 12.4. The Hall–Kier alpha value is -2.50. The highest BCUT2D eigenvalue weighted by molar-refractivity contribution is 6.22. The molecule has 0 aliphatic carbocycles. The lowest BCUT2D eigenvalue weighted by Gasteiger charge is -2.27. The molecular formula is C21H23N3O2. The number of imide groups is 1. The summed E-state index contributed by atoms with van der Waals surface area (Å²) >= 11 is 0. The van der Waals surface area contributed by atoms with E-state index in [2.05, 4.69) is 27.7 Å². The average Bonchev–Trinajstić information content (AvgIpc) is 2.96. The van der Waals surface area contributed by atoms with E-state index in [0.29, 0.717) is 11.1 Å². The molecule has 4 rings (SSSR count). The van der Waals surface area contributed by atoms with Crippen LogP contribution in [0.4, 0.5) is 0 Å². The van der Waals surface area contributed by atoms with Crippen molar-refractivity contribution >= 4 is 11.8 Å². The number of fused-ring (bicyclic) bond motifs is 1. The van der Waals surface area contributed by atoms with Crippen molar-refractivity contribution in [3.05, 3.63) is 70.3 Å². The second-order valence-corrected chi connectivity index (χ2v) is 6.91. The van der Waals surface area contributed by atoms with E-state index in [9.17, 15) is 9.59 Å². The lowest BCUT2D eigenvalue weighted by atomic mass is 9.91. The van der Waals surface area contributed by atoms with Gasteiger partial charge in [-0.25, -0.2) is 0 Å². The minimum absolute atomic E-state index is 0.254. The highest BCUT2D eigenvalue weighted by Gasteiger charge is 2.30. The van der Waals surface area contributed by atoms with Gasteiger partial charge in [-0.3, -0.25) is 14.9 Å². The lowest BCUT2D eigenvalue weighted by Crippen LogP contribution is -2.44. The SMILES string of the molecule is O=C1NC(=O)c2c1ccc(Cc1ccccc1)c2CCN1CCNCC1. The Balaban J connectivity index is 1.65. The molecular weight excluding hydrogens is 326 g/mol. The summed E-state index contributed by atoms with van der Waals surface area (Å²) in [6.45, 7) is 4.95. The Morgan fingerprint density at radius 3 is 2.46 bits per heavy atom. The van der Waals surface area contributed by atoms with Crippen LogP contribution in [0.5, 0.6) is 0 Å². The summed E-state index contributed by atoms with van der Waals surface area (Å²) in [6.07, 6.45) is 1.55. The Bertz CT molecular complexity index is 827. The minimum Gasteiger partial charge on any atom is -0.314 e. The highest BCUT2D eigenvalue weighted by Crippen LogP contribution is 2.26. The van der Waals surface area contributed by atoms with Crippen LogP contribution in [0.25, 0.3) is 0 Å². The molecule has 2 aliphatic heterocycles. The molecule has 1 saturated heterocycles. The van der Waals surface area contributed by atoms with Gasteiger partial charge in [0.2, 0.25) is 0 Å². The maximum Gasteiger partial charge on any atom is 0.259 e. The zero-order valence-corrected chi connectivity index (χ0v) is 14.8. The third kappa shape index (κ3) is 3.41. The number of nitrogens with zero attached hydrogens (tertiary/aromatic N) is 1. The second-order valence-electron chi connectivity index (χ2n) is 6.91. The van der Waals surface area contributed by atoms with Crippen LogP contribution in [0.3, 0.4) is 0 Å². The zero-order valence-electron chi connectivity index (χ0n) is 14.8. The van der Waals surface area contributed by atoms with Gasteiger partial charge in [-0.15, -0.1) is 0 Å². The van der Waals surface area contributed by atoms with Gasteiger partial charge in [0.25, 0.3) is 11.8 Å². The first kappa shape index (κ1) is 16.9. The van der Waals surface area contributed by atoms with Gasteiger partial charge in [-0.05, 0) is 35.6 Å². The number of hydrogen-bond donors (Lipinski definition) is 2. The highest BCUT2D eigenvalue weighted by atomic mass is 16.2. The number of carbonyl (C=O) groups is 2. The van der Waals surface area contributed by atoms with E-state index in [-0.39, 0.29) is 11.8 Å². The van der Waals surface area contributed by atoms with E-state index < -0.39 is 0 Å². The molecule has 0 saturated carbocycles. The van der Waals surface area contributed by atoms with Crippen LogP contribution in [0.2, 0.25) is 0 Å². The molecule has 5 nitrogen and oxygen atoms in total. The van der Waals surface area contributed by atoms with Crippen LogP contribution in [0.1, 0.15) is 37.4 Å². The van der Waals surface area contributed by atoms with Crippen LogP contribution in [0, 0.1) is 0 Å². The zero-order chi connectivity index (χ0) is 17.9. The largest absolute Gasteiger partial charge is 0.314 e. The van der Waals surface area contributed by atoms with Crippen molar-refractivity contribution in [2.75, 3.05) is 32.7 Å². The maximum absolute atomic E-state index is 12.4. The monoisotopic (exact) mass is 349 g/mol. The summed E-state index contributed by atoms with van der Waals surface area (Å²) in [7, 11) is 0. The molecule has 0 atom stereocenters. The van der Waals surface area contributed by atoms with Crippen LogP contribution in [0.15, 0.2) is 42.5 Å². The summed E-state index contributed by atoms with van der Waals surface area (Å²) < 4.78 is 0. The molecule has 1 fully saturated rings. The van der Waals surface area contributed by atoms with Gasteiger partial charge in [0, 0.05) is 32.7 Å². The van der Waals surface area contributed by atoms with Gasteiger partial charge < -0.3 is 10.2 Å². The molecule has 2 aromatic rings. The number of piperazine rings is 1. The summed E-state index contributed by atoms with van der Waals surface area (Å²) in [6, 6.07) is 14.1. The van der Waals surface area contributed by atoms with Crippen molar-refractivity contribution in [2.45, 2.75) is 12.8 Å². The van der Waals surface area contributed by atoms with Gasteiger partial charge in [-0.2, -0.15) is 0 Å². The summed E-state index contributed by atoms with van der Waals surface area (Å²) in [5, 5.41) is 5.81. The Morgan fingerprint density at radius 2 is 1.69 bits per heavy atom. The molecule has 0 spiro atoms. The summed E-state index contributed by atoms with van der Waals surface area (Å²) in [4.78, 5) is 26.9. The molecule has 26 heavy (non-hydrogen) atoms. The Kier molecular flexibility index (Phi) is 4.82. The molecule has 2 aliphatic rings. The van der Waals surface area contributed by atoms with Gasteiger partial charge in [0.15, 0.2) is 0 Å². The standard InChI is InChI=1S/C21H23N3O2/c25-20-18-7-6-16(14-15-4-2-1-3-5-15)17(19(18)21(26)23-20)8-11-24-12-9-22-10-13-24/h1-7,22H,8-14H2,(H,23,25,26). The van der Waals surface area contributed by atoms with Crippen molar-refractivity contribution < 1.29 is 9.59 Å². The molecule has 0 unspecified atom stereocenters. The van der Waals surface area contributed by atoms with Crippen molar-refractivity contribution in [1.29, 1.82) is 0 Å². The van der Waals surface area contributed by atoms with Gasteiger partial charge in [0.1, 0.15) is 0 Å². The average molecular weight is 349 g/mol. The molecule has 2 heterocycles. The molecule has 0 radical (unpaired) electrons. The van der Waals surface area contributed by atoms with Crippen LogP contribution >= 0.6 is 0 Å². The van der Waals surface area contributed by atoms with Crippen LogP contribution in [-0.2, 0) is 12.8 Å². The quantitative estimate of drug-likeness (QED) is 0.805. The fourth-order valence-electron chi connectivity index (χ4n) is 3.84. The van der Waals surface area contributed by atoms with E-state index in [1.165, 1.54) is 5.56 Å². The first-order chi connectivity index (χ1) is 12.7. The van der Waals surface area contributed by atoms with E-state index >= 15 is 0 Å². The molecule has 2 N–H and O–H groups in total. The second kappa shape index (κ2) is 7.40. The summed E-state index contributed by atoms with van der Waals surface area (Å²) in [5.41, 5.74) is 4.46. The third-order valence-corrected chi connectivity index (χ3v) is 5.23. The van der Waals surface area contributed by atoms with E-state index in [0.717, 1.165) is 56.7 Å². The van der Waals surface area contributed by atoms with Crippen LogP contribution < -0.4 is 10.6 Å². The number of hydrogen-bond acceptors (Lipinski definition) is 4. The molecule has 0 aromatic heterocycles. The number of nitrogens with one attached hydrogen (secondary N) is 2. The fraction of sp³-hybridized carbons (Fsp3) is 0.333. The van der Waals surface area contributed by atoms with E-state index in [1.54, 1.807) is 6.07 Å². The third-order valence-electron chi connectivity index (χ3n) is 5.23. The fourth-order valence-corrected chi connectivity index (χ4v) is 3.84. The van der Waals surface area contributed by atoms with Crippen molar-refractivity contribution in [3.63, 3.8) is 0 Å². The van der Waals surface area contributed by atoms with Crippen molar-refractivity contribution in [3.8, 4) is 0 Å². The predicted octanol–water partition coefficient (Wildman–Crippen LogP) is 1.61. The van der Waals surface area contributed by atoms with Crippen molar-refractivity contribution in [2.24, 2.45) is 0 Å². The van der Waals surface area contributed by atoms with Crippen LogP contribution in [-0.4, -0.2) is 49.4 Å². The normalized spacial score (nSPS) is 17.2. The molecule has 0 bridgehead atoms. The van der Waals surface area contributed by atoms with Gasteiger partial charge in [-0.1, -0.05) is 36.4 Å². The smallest absolute Gasteiger partial charge is 0.259 e. The number of amides is 2. The molecule has 2 aromatic carbocycles. The summed E-state index contributed by atoms with van der Waals surface area (Å²) in [5.74, 6) is -0.532. The van der Waals surface area contributed by atoms with E-state index in [4.69, 9.17) is 0 Å². The molecule has 2 amide bonds. The van der Waals surface area contributed by atoms with E-state index in [1.807, 2.05) is 24.3 Å². The number of benzene rings is 2. The predicted molar refractivity (Wildman–Crippen MR) is 101 cm³/mol. The van der Waals surface area contributed by atoms with Crippen molar-refractivity contribution in [1.82, 2.24) is 15.5 Å². The first-order valence-electron chi connectivity index (χ1n) is 9.20. The molecule has 5 heteroatoms. The van der Waals surface area contributed by atoms with Gasteiger partial charge >= 0.3 is 0 Å². The first-order valence-corrected chi connectivity index (χ1v) is 9.20. The number of carbonyl (C=O) groups excluding carboxylic acids is 2. The topological polar surface area (TPSA) is 61.4 Å². The van der Waals surface area contributed by atoms with Gasteiger partial charge in [0.05, 0.1) is 11.1 Å².